The van der Waals surface area contributed by atoms with Crippen molar-refractivity contribution in [2.75, 3.05) is 0 Å². The molecule has 0 aromatic rings. The van der Waals surface area contributed by atoms with Gasteiger partial charge in [-0.1, -0.05) is 13.8 Å². The molecule has 0 aliphatic heterocycles. The molecule has 62 valence electrons. The van der Waals surface area contributed by atoms with Gasteiger partial charge in [0.1, 0.15) is 0 Å². The Morgan fingerprint density at radius 3 is 2.45 bits per heavy atom. The molecule has 0 aromatic heterocycles. The monoisotopic (exact) mass is 174 g/mol. The second kappa shape index (κ2) is 2.59. The summed E-state index contributed by atoms with van der Waals surface area (Å²) in [4.78, 5) is 22.2. The fraction of sp³-hybridized carbons (Fsp3) is 0.750. The molecular weight excluding hydrogens is 164 g/mol. The summed E-state index contributed by atoms with van der Waals surface area (Å²) >= 11 is 5.90. The highest BCUT2D eigenvalue weighted by Gasteiger charge is 2.42. The van der Waals surface area contributed by atoms with Gasteiger partial charge in [0.25, 0.3) is 0 Å². The van der Waals surface area contributed by atoms with E-state index in [-0.39, 0.29) is 16.9 Å². The predicted molar refractivity (Wildman–Crippen MR) is 42.7 cm³/mol. The first-order valence-corrected chi connectivity index (χ1v) is 4.11. The van der Waals surface area contributed by atoms with Crippen LogP contribution in [0.3, 0.4) is 0 Å². The highest BCUT2D eigenvalue weighted by atomic mass is 35.5. The average Bonchev–Trinajstić information content (AvgIpc) is 1.95. The van der Waals surface area contributed by atoms with E-state index in [1.54, 1.807) is 13.8 Å². The van der Waals surface area contributed by atoms with Crippen LogP contribution in [-0.4, -0.2) is 16.9 Å². The molecule has 2 nitrogen and oxygen atoms in total. The van der Waals surface area contributed by atoms with Gasteiger partial charge in [0, 0.05) is 17.2 Å². The first-order chi connectivity index (χ1) is 4.96. The summed E-state index contributed by atoms with van der Waals surface area (Å²) in [6.07, 6.45) is 0.940. The zero-order valence-corrected chi connectivity index (χ0v) is 7.44. The highest BCUT2D eigenvalue weighted by molar-refractivity contribution is 6.42. The van der Waals surface area contributed by atoms with E-state index in [2.05, 4.69) is 0 Å². The Balaban J connectivity index is 2.89. The summed E-state index contributed by atoms with van der Waals surface area (Å²) in [7, 11) is 0. The molecule has 1 atom stereocenters. The lowest BCUT2D eigenvalue weighted by atomic mass is 9.75. The van der Waals surface area contributed by atoms with Crippen molar-refractivity contribution in [1.82, 2.24) is 0 Å². The number of alkyl halides is 1. The molecule has 1 rings (SSSR count). The van der Waals surface area contributed by atoms with E-state index in [9.17, 15) is 9.59 Å². The van der Waals surface area contributed by atoms with Crippen LogP contribution in [0.4, 0.5) is 0 Å². The van der Waals surface area contributed by atoms with Gasteiger partial charge in [0.2, 0.25) is 5.78 Å². The molecule has 0 spiro atoms. The van der Waals surface area contributed by atoms with Gasteiger partial charge in [0.05, 0.1) is 0 Å². The largest absolute Gasteiger partial charge is 0.291 e. The number of carbonyl (C=O) groups excluding carboxylic acids is 2. The number of hydrogen-bond acceptors (Lipinski definition) is 2. The summed E-state index contributed by atoms with van der Waals surface area (Å²) in [5.41, 5.74) is -0.656. The molecule has 1 aliphatic carbocycles. The molecule has 3 heteroatoms. The zero-order valence-electron chi connectivity index (χ0n) is 6.69. The lowest BCUT2D eigenvalue weighted by Crippen LogP contribution is -2.43. The molecule has 1 saturated carbocycles. The molecule has 0 N–H and O–H groups in total. The first kappa shape index (κ1) is 8.72. The maximum atomic E-state index is 11.2. The van der Waals surface area contributed by atoms with Gasteiger partial charge in [-0.2, -0.15) is 0 Å². The van der Waals surface area contributed by atoms with Crippen LogP contribution in [-0.2, 0) is 9.59 Å². The van der Waals surface area contributed by atoms with Gasteiger partial charge in [-0.15, -0.1) is 11.6 Å². The number of hydrogen-bond donors (Lipinski definition) is 0. The van der Waals surface area contributed by atoms with Crippen LogP contribution < -0.4 is 0 Å². The van der Waals surface area contributed by atoms with Crippen molar-refractivity contribution in [2.45, 2.75) is 32.1 Å². The van der Waals surface area contributed by atoms with Crippen molar-refractivity contribution in [3.05, 3.63) is 0 Å². The van der Waals surface area contributed by atoms with Crippen LogP contribution >= 0.6 is 11.6 Å². The van der Waals surface area contributed by atoms with Gasteiger partial charge in [-0.05, 0) is 6.42 Å². The molecule has 0 saturated heterocycles. The number of ketones is 2. The van der Waals surface area contributed by atoms with E-state index in [0.717, 1.165) is 0 Å². The first-order valence-electron chi connectivity index (χ1n) is 3.68. The number of carbonyl (C=O) groups is 2. The van der Waals surface area contributed by atoms with Crippen molar-refractivity contribution in [3.8, 4) is 0 Å². The Morgan fingerprint density at radius 2 is 2.00 bits per heavy atom. The van der Waals surface area contributed by atoms with Gasteiger partial charge >= 0.3 is 0 Å². The van der Waals surface area contributed by atoms with Crippen LogP contribution in [0, 0.1) is 5.41 Å². The molecule has 0 radical (unpaired) electrons. The van der Waals surface area contributed by atoms with Crippen molar-refractivity contribution in [2.24, 2.45) is 5.41 Å². The fourth-order valence-corrected chi connectivity index (χ4v) is 1.44. The Labute approximate surface area is 70.9 Å². The second-order valence-corrected chi connectivity index (χ2v) is 4.01. The lowest BCUT2D eigenvalue weighted by molar-refractivity contribution is -0.143. The van der Waals surface area contributed by atoms with Crippen LogP contribution in [0.15, 0.2) is 0 Å². The molecule has 1 unspecified atom stereocenters. The van der Waals surface area contributed by atoms with Gasteiger partial charge in [-0.25, -0.2) is 0 Å². The Morgan fingerprint density at radius 1 is 1.45 bits per heavy atom. The van der Waals surface area contributed by atoms with E-state index < -0.39 is 5.41 Å². The summed E-state index contributed by atoms with van der Waals surface area (Å²) in [6, 6.07) is 0. The van der Waals surface area contributed by atoms with Crippen molar-refractivity contribution in [3.63, 3.8) is 0 Å². The molecule has 1 fully saturated rings. The third-order valence-corrected chi connectivity index (χ3v) is 3.01. The third kappa shape index (κ3) is 1.32. The molecule has 0 bridgehead atoms. The highest BCUT2D eigenvalue weighted by Crippen LogP contribution is 2.34. The average molecular weight is 175 g/mol. The standard InChI is InChI=1S/C8H11ClO2/c1-8(2)6(9)4-3-5(10)7(8)11/h6H,3-4H2,1-2H3. The van der Waals surface area contributed by atoms with E-state index in [4.69, 9.17) is 11.6 Å². The summed E-state index contributed by atoms with van der Waals surface area (Å²) < 4.78 is 0. The molecule has 0 heterocycles. The fourth-order valence-electron chi connectivity index (χ4n) is 1.23. The van der Waals surface area contributed by atoms with Gasteiger partial charge in [0.15, 0.2) is 5.78 Å². The number of Topliss-reactive ketones (excluding diaryl/α,β-unsaturated/α-hetero) is 2. The Kier molecular flexibility index (Phi) is 2.06. The predicted octanol–water partition coefficient (Wildman–Crippen LogP) is 1.55. The quantitative estimate of drug-likeness (QED) is 0.413. The van der Waals surface area contributed by atoms with Crippen molar-refractivity contribution >= 4 is 23.2 Å². The lowest BCUT2D eigenvalue weighted by Gasteiger charge is -2.31. The second-order valence-electron chi connectivity index (χ2n) is 3.48. The molecular formula is C8H11ClO2. The van der Waals surface area contributed by atoms with E-state index in [0.29, 0.717) is 12.8 Å². The number of halogens is 1. The summed E-state index contributed by atoms with van der Waals surface area (Å²) in [5.74, 6) is -0.587. The van der Waals surface area contributed by atoms with Crippen LogP contribution in [0.25, 0.3) is 0 Å². The van der Waals surface area contributed by atoms with Crippen LogP contribution in [0.1, 0.15) is 26.7 Å². The van der Waals surface area contributed by atoms with Crippen LogP contribution in [0.2, 0.25) is 0 Å². The van der Waals surface area contributed by atoms with Gasteiger partial charge < -0.3 is 0 Å². The van der Waals surface area contributed by atoms with Crippen molar-refractivity contribution < 1.29 is 9.59 Å². The van der Waals surface area contributed by atoms with E-state index in [1.807, 2.05) is 0 Å². The molecule has 1 aliphatic rings. The van der Waals surface area contributed by atoms with Gasteiger partial charge in [-0.3, -0.25) is 9.59 Å². The minimum Gasteiger partial charge on any atom is -0.291 e. The van der Waals surface area contributed by atoms with E-state index >= 15 is 0 Å². The smallest absolute Gasteiger partial charge is 0.205 e. The van der Waals surface area contributed by atoms with Crippen LogP contribution in [0.5, 0.6) is 0 Å². The Bertz CT molecular complexity index is 208. The molecule has 0 aromatic carbocycles. The van der Waals surface area contributed by atoms with E-state index in [1.165, 1.54) is 0 Å². The SMILES string of the molecule is CC1(C)C(=O)C(=O)CCC1Cl. The van der Waals surface area contributed by atoms with Crippen molar-refractivity contribution in [1.29, 1.82) is 0 Å². The summed E-state index contributed by atoms with van der Waals surface area (Å²) in [6.45, 7) is 3.45. The normalized spacial score (nSPS) is 30.6. The maximum Gasteiger partial charge on any atom is 0.205 e. The Hall–Kier alpha value is -0.370. The topological polar surface area (TPSA) is 34.1 Å². The summed E-state index contributed by atoms with van der Waals surface area (Å²) in [5, 5.41) is -0.187. The zero-order chi connectivity index (χ0) is 8.65. The minimum atomic E-state index is -0.656. The number of rotatable bonds is 0. The maximum absolute atomic E-state index is 11.2. The molecule has 11 heavy (non-hydrogen) atoms. The third-order valence-electron chi connectivity index (χ3n) is 2.25. The minimum absolute atomic E-state index is 0.187. The molecule has 0 amide bonds.